The van der Waals surface area contributed by atoms with Crippen LogP contribution in [0.1, 0.15) is 5.69 Å². The van der Waals surface area contributed by atoms with E-state index in [-0.39, 0.29) is 12.2 Å². The SMILES string of the molecule is O=C(COC(=O)Cc1csc(-c2cccc(Cl)c2)n1)Nc1ccon1. The summed E-state index contributed by atoms with van der Waals surface area (Å²) in [5.41, 5.74) is 1.45. The van der Waals surface area contributed by atoms with Gasteiger partial charge in [0.15, 0.2) is 12.4 Å². The Morgan fingerprint density at radius 1 is 1.32 bits per heavy atom. The van der Waals surface area contributed by atoms with E-state index >= 15 is 0 Å². The molecule has 0 fully saturated rings. The average molecular weight is 378 g/mol. The van der Waals surface area contributed by atoms with Crippen LogP contribution in [0, 0.1) is 0 Å². The average Bonchev–Trinajstić information content (AvgIpc) is 3.25. The molecular formula is C16H12ClN3O4S. The molecule has 0 saturated carbocycles. The third-order valence-corrected chi connectivity index (χ3v) is 4.19. The molecule has 0 aliphatic carbocycles. The molecule has 0 saturated heterocycles. The second-order valence-corrected chi connectivity index (χ2v) is 6.22. The van der Waals surface area contributed by atoms with Gasteiger partial charge in [-0.3, -0.25) is 9.59 Å². The Balaban J connectivity index is 1.51. The summed E-state index contributed by atoms with van der Waals surface area (Å²) >= 11 is 7.37. The van der Waals surface area contributed by atoms with Crippen molar-refractivity contribution in [2.24, 2.45) is 0 Å². The Morgan fingerprint density at radius 3 is 2.96 bits per heavy atom. The van der Waals surface area contributed by atoms with Gasteiger partial charge in [0.25, 0.3) is 5.91 Å². The zero-order valence-corrected chi connectivity index (χ0v) is 14.3. The predicted molar refractivity (Wildman–Crippen MR) is 92.4 cm³/mol. The van der Waals surface area contributed by atoms with Gasteiger partial charge in [-0.25, -0.2) is 4.98 Å². The highest BCUT2D eigenvalue weighted by Gasteiger charge is 2.13. The zero-order valence-electron chi connectivity index (χ0n) is 12.8. The summed E-state index contributed by atoms with van der Waals surface area (Å²) in [6.45, 7) is -0.406. The van der Waals surface area contributed by atoms with Crippen molar-refractivity contribution in [2.75, 3.05) is 11.9 Å². The van der Waals surface area contributed by atoms with Gasteiger partial charge in [-0.2, -0.15) is 0 Å². The molecule has 3 aromatic rings. The molecule has 2 heterocycles. The Hall–Kier alpha value is -2.71. The molecule has 0 radical (unpaired) electrons. The van der Waals surface area contributed by atoms with Crippen LogP contribution < -0.4 is 5.32 Å². The van der Waals surface area contributed by atoms with Crippen LogP contribution in [0.25, 0.3) is 10.6 Å². The summed E-state index contributed by atoms with van der Waals surface area (Å²) in [6, 6.07) is 8.78. The first-order chi connectivity index (χ1) is 12.1. The number of esters is 1. The number of hydrogen-bond acceptors (Lipinski definition) is 7. The summed E-state index contributed by atoms with van der Waals surface area (Å²) in [7, 11) is 0. The monoisotopic (exact) mass is 377 g/mol. The van der Waals surface area contributed by atoms with Crippen molar-refractivity contribution in [1.29, 1.82) is 0 Å². The first-order valence-corrected chi connectivity index (χ1v) is 8.42. The van der Waals surface area contributed by atoms with Crippen LogP contribution in [0.2, 0.25) is 5.02 Å². The van der Waals surface area contributed by atoms with Gasteiger partial charge in [-0.1, -0.05) is 28.9 Å². The largest absolute Gasteiger partial charge is 0.455 e. The van der Waals surface area contributed by atoms with Crippen LogP contribution in [0.4, 0.5) is 5.82 Å². The predicted octanol–water partition coefficient (Wildman–Crippen LogP) is 3.18. The van der Waals surface area contributed by atoms with Gasteiger partial charge >= 0.3 is 5.97 Å². The highest BCUT2D eigenvalue weighted by molar-refractivity contribution is 7.13. The number of hydrogen-bond donors (Lipinski definition) is 1. The highest BCUT2D eigenvalue weighted by atomic mass is 35.5. The van der Waals surface area contributed by atoms with Crippen LogP contribution in [0.5, 0.6) is 0 Å². The van der Waals surface area contributed by atoms with Crippen molar-refractivity contribution in [3.8, 4) is 10.6 Å². The van der Waals surface area contributed by atoms with E-state index in [0.717, 1.165) is 10.6 Å². The molecule has 128 valence electrons. The minimum Gasteiger partial charge on any atom is -0.455 e. The molecule has 0 atom stereocenters. The lowest BCUT2D eigenvalue weighted by molar-refractivity contribution is -0.146. The molecule has 1 amide bonds. The summed E-state index contributed by atoms with van der Waals surface area (Å²) < 4.78 is 9.50. The summed E-state index contributed by atoms with van der Waals surface area (Å²) in [5.74, 6) is -0.787. The number of amides is 1. The number of rotatable bonds is 6. The Labute approximate surface area is 151 Å². The van der Waals surface area contributed by atoms with Crippen molar-refractivity contribution in [1.82, 2.24) is 10.1 Å². The van der Waals surface area contributed by atoms with E-state index in [9.17, 15) is 9.59 Å². The molecule has 1 aromatic carbocycles. The van der Waals surface area contributed by atoms with Crippen LogP contribution in [0.3, 0.4) is 0 Å². The normalized spacial score (nSPS) is 10.4. The maximum Gasteiger partial charge on any atom is 0.312 e. The maximum absolute atomic E-state index is 11.8. The van der Waals surface area contributed by atoms with Gasteiger partial charge in [0.1, 0.15) is 11.3 Å². The molecule has 1 N–H and O–H groups in total. The van der Waals surface area contributed by atoms with Gasteiger partial charge < -0.3 is 14.6 Å². The van der Waals surface area contributed by atoms with Gasteiger partial charge in [0.2, 0.25) is 0 Å². The Morgan fingerprint density at radius 2 is 2.20 bits per heavy atom. The van der Waals surface area contributed by atoms with E-state index in [1.807, 2.05) is 12.1 Å². The first kappa shape index (κ1) is 17.1. The molecule has 0 aliphatic heterocycles. The molecule has 0 unspecified atom stereocenters. The lowest BCUT2D eigenvalue weighted by Crippen LogP contribution is -2.21. The van der Waals surface area contributed by atoms with E-state index in [2.05, 4.69) is 20.0 Å². The molecule has 2 aromatic heterocycles. The van der Waals surface area contributed by atoms with Gasteiger partial charge in [0.05, 0.1) is 12.1 Å². The van der Waals surface area contributed by atoms with Gasteiger partial charge in [-0.05, 0) is 12.1 Å². The van der Waals surface area contributed by atoms with Gasteiger partial charge in [-0.15, -0.1) is 11.3 Å². The third kappa shape index (κ3) is 4.88. The lowest BCUT2D eigenvalue weighted by Gasteiger charge is -2.03. The van der Waals surface area contributed by atoms with Crippen molar-refractivity contribution < 1.29 is 18.8 Å². The van der Waals surface area contributed by atoms with Crippen LogP contribution in [-0.2, 0) is 20.7 Å². The van der Waals surface area contributed by atoms with E-state index in [1.54, 1.807) is 17.5 Å². The number of carbonyl (C=O) groups is 2. The number of benzene rings is 1. The number of ether oxygens (including phenoxy) is 1. The van der Waals surface area contributed by atoms with Crippen LogP contribution in [-0.4, -0.2) is 28.6 Å². The number of aromatic nitrogens is 2. The van der Waals surface area contributed by atoms with Crippen molar-refractivity contribution >= 4 is 40.6 Å². The second-order valence-electron chi connectivity index (χ2n) is 4.92. The third-order valence-electron chi connectivity index (χ3n) is 3.02. The molecule has 0 spiro atoms. The maximum atomic E-state index is 11.8. The quantitative estimate of drug-likeness (QED) is 0.663. The van der Waals surface area contributed by atoms with E-state index in [0.29, 0.717) is 10.7 Å². The highest BCUT2D eigenvalue weighted by Crippen LogP contribution is 2.26. The van der Waals surface area contributed by atoms with E-state index in [4.69, 9.17) is 16.3 Å². The number of halogens is 1. The molecular weight excluding hydrogens is 366 g/mol. The molecule has 7 nitrogen and oxygen atoms in total. The summed E-state index contributed by atoms with van der Waals surface area (Å²) in [5, 5.41) is 9.09. The topological polar surface area (TPSA) is 94.3 Å². The second kappa shape index (κ2) is 7.91. The fourth-order valence-corrected chi connectivity index (χ4v) is 2.95. The van der Waals surface area contributed by atoms with Crippen LogP contribution >= 0.6 is 22.9 Å². The first-order valence-electron chi connectivity index (χ1n) is 7.16. The minimum atomic E-state index is -0.543. The summed E-state index contributed by atoms with van der Waals surface area (Å²) in [6.07, 6.45) is 1.30. The molecule has 25 heavy (non-hydrogen) atoms. The van der Waals surface area contributed by atoms with E-state index < -0.39 is 18.5 Å². The Bertz CT molecular complexity index is 879. The summed E-state index contributed by atoms with van der Waals surface area (Å²) in [4.78, 5) is 27.8. The standard InChI is InChI=1S/C16H12ClN3O4S/c17-11-3-1-2-10(6-11)16-18-12(9-25-16)7-15(22)23-8-14(21)19-13-4-5-24-20-13/h1-6,9H,7-8H2,(H,19,20,21). The van der Waals surface area contributed by atoms with Crippen molar-refractivity contribution in [3.63, 3.8) is 0 Å². The fraction of sp³-hybridized carbons (Fsp3) is 0.125. The van der Waals surface area contributed by atoms with E-state index in [1.165, 1.54) is 23.7 Å². The number of thiazole rings is 1. The smallest absolute Gasteiger partial charge is 0.312 e. The zero-order chi connectivity index (χ0) is 17.6. The molecule has 0 bridgehead atoms. The Kier molecular flexibility index (Phi) is 5.42. The minimum absolute atomic E-state index is 0.0195. The van der Waals surface area contributed by atoms with Crippen LogP contribution in [0.15, 0.2) is 46.5 Å². The fourth-order valence-electron chi connectivity index (χ4n) is 1.94. The number of anilines is 1. The van der Waals surface area contributed by atoms with Gasteiger partial charge in [0, 0.05) is 22.0 Å². The molecule has 9 heteroatoms. The number of nitrogens with zero attached hydrogens (tertiary/aromatic N) is 2. The molecule has 3 rings (SSSR count). The molecule has 0 aliphatic rings. The number of carbonyl (C=O) groups excluding carboxylic acids is 2. The van der Waals surface area contributed by atoms with Crippen molar-refractivity contribution in [3.05, 3.63) is 52.7 Å². The van der Waals surface area contributed by atoms with Crippen molar-refractivity contribution in [2.45, 2.75) is 6.42 Å². The lowest BCUT2D eigenvalue weighted by atomic mass is 10.2. The number of nitrogens with one attached hydrogen (secondary N) is 1.